The second-order valence-electron chi connectivity index (χ2n) is 5.65. The number of aliphatic hydroxyl groups is 1. The topological polar surface area (TPSA) is 23.5 Å². The van der Waals surface area contributed by atoms with E-state index in [0.717, 1.165) is 31.6 Å². The molecule has 1 fully saturated rings. The predicted octanol–water partition coefficient (Wildman–Crippen LogP) is 3.47. The van der Waals surface area contributed by atoms with Gasteiger partial charge in [0.25, 0.3) is 0 Å². The number of rotatable bonds is 3. The molecule has 20 heavy (non-hydrogen) atoms. The van der Waals surface area contributed by atoms with Crippen molar-refractivity contribution in [2.75, 3.05) is 19.6 Å². The molecule has 0 aliphatic carbocycles. The first-order valence-corrected chi connectivity index (χ1v) is 6.94. The van der Waals surface area contributed by atoms with Crippen molar-refractivity contribution in [3.63, 3.8) is 0 Å². The number of aliphatic hydroxyl groups excluding tert-OH is 1. The molecular weight excluding hydrogens is 267 g/mol. The van der Waals surface area contributed by atoms with E-state index in [2.05, 4.69) is 11.8 Å². The molecule has 2 unspecified atom stereocenters. The lowest BCUT2D eigenvalue weighted by Crippen LogP contribution is -2.37. The summed E-state index contributed by atoms with van der Waals surface area (Å²) in [5.74, 6) is 0.581. The monoisotopic (exact) mass is 287 g/mol. The normalized spacial score (nSPS) is 22.8. The van der Waals surface area contributed by atoms with Crippen molar-refractivity contribution < 1.29 is 18.3 Å². The largest absolute Gasteiger partial charge is 0.416 e. The molecule has 0 amide bonds. The molecule has 112 valence electrons. The van der Waals surface area contributed by atoms with Crippen LogP contribution in [0.1, 0.15) is 37.0 Å². The molecule has 1 aromatic carbocycles. The van der Waals surface area contributed by atoms with E-state index in [-0.39, 0.29) is 0 Å². The third-order valence-electron chi connectivity index (χ3n) is 3.77. The van der Waals surface area contributed by atoms with Crippen molar-refractivity contribution in [3.05, 3.63) is 35.4 Å². The summed E-state index contributed by atoms with van der Waals surface area (Å²) in [5.41, 5.74) is -0.376. The van der Waals surface area contributed by atoms with Crippen molar-refractivity contribution in [1.82, 2.24) is 4.90 Å². The molecule has 1 saturated heterocycles. The second kappa shape index (κ2) is 6.14. The van der Waals surface area contributed by atoms with Gasteiger partial charge >= 0.3 is 6.18 Å². The number of piperidine rings is 1. The van der Waals surface area contributed by atoms with Crippen molar-refractivity contribution in [3.8, 4) is 0 Å². The molecule has 1 heterocycles. The summed E-state index contributed by atoms with van der Waals surface area (Å²) in [5, 5.41) is 10.1. The lowest BCUT2D eigenvalue weighted by molar-refractivity contribution is -0.137. The zero-order valence-corrected chi connectivity index (χ0v) is 11.5. The van der Waals surface area contributed by atoms with E-state index in [4.69, 9.17) is 0 Å². The van der Waals surface area contributed by atoms with Gasteiger partial charge in [0.05, 0.1) is 11.7 Å². The quantitative estimate of drug-likeness (QED) is 0.920. The molecule has 1 aliphatic heterocycles. The number of benzene rings is 1. The second-order valence-corrected chi connectivity index (χ2v) is 5.65. The maximum Gasteiger partial charge on any atom is 0.416 e. The summed E-state index contributed by atoms with van der Waals surface area (Å²) in [6.07, 6.45) is -2.98. The first kappa shape index (κ1) is 15.3. The highest BCUT2D eigenvalue weighted by Gasteiger charge is 2.31. The summed E-state index contributed by atoms with van der Waals surface area (Å²) in [6.45, 7) is 4.35. The van der Waals surface area contributed by atoms with E-state index in [1.165, 1.54) is 12.5 Å². The number of likely N-dealkylation sites (tertiary alicyclic amines) is 1. The molecule has 0 bridgehead atoms. The van der Waals surface area contributed by atoms with Gasteiger partial charge in [-0.3, -0.25) is 0 Å². The molecule has 2 rings (SSSR count). The van der Waals surface area contributed by atoms with Crippen LogP contribution in [-0.4, -0.2) is 29.6 Å². The Balaban J connectivity index is 2.03. The van der Waals surface area contributed by atoms with E-state index in [1.54, 1.807) is 6.07 Å². The third-order valence-corrected chi connectivity index (χ3v) is 3.77. The Bertz CT molecular complexity index is 447. The molecule has 5 heteroatoms. The Morgan fingerprint density at radius 1 is 1.40 bits per heavy atom. The van der Waals surface area contributed by atoms with Crippen LogP contribution >= 0.6 is 0 Å². The Kier molecular flexibility index (Phi) is 4.70. The van der Waals surface area contributed by atoms with Crippen molar-refractivity contribution in [1.29, 1.82) is 0 Å². The minimum absolute atomic E-state index is 0.332. The van der Waals surface area contributed by atoms with Gasteiger partial charge in [-0.05, 0) is 43.0 Å². The van der Waals surface area contributed by atoms with Crippen molar-refractivity contribution in [2.45, 2.75) is 32.0 Å². The van der Waals surface area contributed by atoms with Crippen LogP contribution in [-0.2, 0) is 6.18 Å². The van der Waals surface area contributed by atoms with Crippen molar-refractivity contribution >= 4 is 0 Å². The number of β-amino-alcohol motifs (C(OH)–C–C–N with tert-alkyl or cyclic N) is 1. The Labute approximate surface area is 117 Å². The van der Waals surface area contributed by atoms with Gasteiger partial charge in [0, 0.05) is 13.1 Å². The minimum atomic E-state index is -4.37. The van der Waals surface area contributed by atoms with E-state index in [0.29, 0.717) is 18.0 Å². The average molecular weight is 287 g/mol. The SMILES string of the molecule is CC1CCCN(CC(O)c2cccc(C(F)(F)F)c2)C1. The van der Waals surface area contributed by atoms with Gasteiger partial charge in [-0.2, -0.15) is 13.2 Å². The Morgan fingerprint density at radius 2 is 2.15 bits per heavy atom. The summed E-state index contributed by atoms with van der Waals surface area (Å²) in [7, 11) is 0. The third kappa shape index (κ3) is 3.96. The van der Waals surface area contributed by atoms with Gasteiger partial charge in [0.2, 0.25) is 0 Å². The maximum absolute atomic E-state index is 12.6. The molecule has 1 aromatic rings. The zero-order chi connectivity index (χ0) is 14.8. The summed E-state index contributed by atoms with van der Waals surface area (Å²) >= 11 is 0. The standard InChI is InChI=1S/C15H20F3NO/c1-11-4-3-7-19(9-11)10-14(20)12-5-2-6-13(8-12)15(16,17)18/h2,5-6,8,11,14,20H,3-4,7,9-10H2,1H3. The highest BCUT2D eigenvalue weighted by atomic mass is 19.4. The lowest BCUT2D eigenvalue weighted by atomic mass is 9.99. The van der Waals surface area contributed by atoms with E-state index in [1.807, 2.05) is 0 Å². The van der Waals surface area contributed by atoms with Crippen LogP contribution in [0, 0.1) is 5.92 Å². The summed E-state index contributed by atoms with van der Waals surface area (Å²) in [6, 6.07) is 4.96. The fourth-order valence-electron chi connectivity index (χ4n) is 2.72. The van der Waals surface area contributed by atoms with Gasteiger partial charge in [-0.25, -0.2) is 0 Å². The predicted molar refractivity (Wildman–Crippen MR) is 71.2 cm³/mol. The highest BCUT2D eigenvalue weighted by Crippen LogP contribution is 2.31. The number of hydrogen-bond acceptors (Lipinski definition) is 2. The minimum Gasteiger partial charge on any atom is -0.387 e. The first-order chi connectivity index (χ1) is 9.36. The molecule has 0 spiro atoms. The molecule has 2 atom stereocenters. The van der Waals surface area contributed by atoms with Crippen LogP contribution in [0.4, 0.5) is 13.2 Å². The molecule has 1 N–H and O–H groups in total. The Morgan fingerprint density at radius 3 is 2.80 bits per heavy atom. The number of hydrogen-bond donors (Lipinski definition) is 1. The van der Waals surface area contributed by atoms with Gasteiger partial charge in [-0.15, -0.1) is 0 Å². The van der Waals surface area contributed by atoms with Crippen LogP contribution in [0.3, 0.4) is 0 Å². The number of nitrogens with zero attached hydrogens (tertiary/aromatic N) is 1. The van der Waals surface area contributed by atoms with Crippen LogP contribution in [0.5, 0.6) is 0 Å². The van der Waals surface area contributed by atoms with E-state index >= 15 is 0 Å². The molecule has 1 aliphatic rings. The van der Waals surface area contributed by atoms with Crippen LogP contribution in [0.25, 0.3) is 0 Å². The van der Waals surface area contributed by atoms with Gasteiger partial charge in [0.15, 0.2) is 0 Å². The Hall–Kier alpha value is -1.07. The van der Waals surface area contributed by atoms with Gasteiger partial charge in [-0.1, -0.05) is 19.1 Å². The smallest absolute Gasteiger partial charge is 0.387 e. The lowest BCUT2D eigenvalue weighted by Gasteiger charge is -2.32. The number of halogens is 3. The zero-order valence-electron chi connectivity index (χ0n) is 11.5. The van der Waals surface area contributed by atoms with Crippen molar-refractivity contribution in [2.24, 2.45) is 5.92 Å². The van der Waals surface area contributed by atoms with E-state index < -0.39 is 17.8 Å². The van der Waals surface area contributed by atoms with Gasteiger partial charge in [0.1, 0.15) is 0 Å². The molecule has 0 saturated carbocycles. The first-order valence-electron chi connectivity index (χ1n) is 6.94. The molecule has 2 nitrogen and oxygen atoms in total. The fraction of sp³-hybridized carbons (Fsp3) is 0.600. The van der Waals surface area contributed by atoms with Crippen LogP contribution in [0.15, 0.2) is 24.3 Å². The highest BCUT2D eigenvalue weighted by molar-refractivity contribution is 5.27. The molecular formula is C15H20F3NO. The summed E-state index contributed by atoms with van der Waals surface area (Å²) < 4.78 is 37.9. The van der Waals surface area contributed by atoms with Gasteiger partial charge < -0.3 is 10.0 Å². The van der Waals surface area contributed by atoms with Crippen LogP contribution in [0.2, 0.25) is 0 Å². The molecule has 0 aromatic heterocycles. The van der Waals surface area contributed by atoms with Crippen LogP contribution < -0.4 is 0 Å². The maximum atomic E-state index is 12.6. The number of alkyl halides is 3. The fourth-order valence-corrected chi connectivity index (χ4v) is 2.72. The van der Waals surface area contributed by atoms with E-state index in [9.17, 15) is 18.3 Å². The molecule has 0 radical (unpaired) electrons. The summed E-state index contributed by atoms with van der Waals surface area (Å²) in [4.78, 5) is 2.12. The average Bonchev–Trinajstić information content (AvgIpc) is 2.38.